The molecule has 0 amide bonds. The van der Waals surface area contributed by atoms with E-state index in [1.54, 1.807) is 35.0 Å². The Labute approximate surface area is 176 Å². The summed E-state index contributed by atoms with van der Waals surface area (Å²) in [6.07, 6.45) is 3.11. The molecule has 0 unspecified atom stereocenters. The van der Waals surface area contributed by atoms with E-state index in [1.165, 1.54) is 18.0 Å². The molecule has 0 aromatic heterocycles. The molecule has 0 fully saturated rings. The first-order chi connectivity index (χ1) is 13.9. The van der Waals surface area contributed by atoms with Crippen molar-refractivity contribution >= 4 is 29.2 Å². The molecule has 0 N–H and O–H groups in total. The predicted octanol–water partition coefficient (Wildman–Crippen LogP) is 4.53. The van der Waals surface area contributed by atoms with E-state index in [0.717, 1.165) is 5.56 Å². The number of rotatable bonds is 3. The molecule has 0 aliphatic carbocycles. The van der Waals surface area contributed by atoms with Crippen molar-refractivity contribution in [3.63, 3.8) is 0 Å². The number of benzene rings is 2. The van der Waals surface area contributed by atoms with Gasteiger partial charge < -0.3 is 9.30 Å². The lowest BCUT2D eigenvalue weighted by Crippen LogP contribution is -2.15. The smallest absolute Gasteiger partial charge is 0.341 e. The number of hydrogen-bond donors (Lipinski definition) is 0. The van der Waals surface area contributed by atoms with Gasteiger partial charge in [-0.15, -0.1) is 0 Å². The number of esters is 1. The van der Waals surface area contributed by atoms with Crippen molar-refractivity contribution in [2.45, 2.75) is 6.92 Å². The van der Waals surface area contributed by atoms with Gasteiger partial charge in [-0.3, -0.25) is 4.79 Å². The molecule has 0 bridgehead atoms. The molecule has 8 heteroatoms. The second-order valence-corrected chi connectivity index (χ2v) is 7.25. The highest BCUT2D eigenvalue weighted by molar-refractivity contribution is 6.43. The van der Waals surface area contributed by atoms with E-state index in [0.29, 0.717) is 21.4 Å². The third-order valence-electron chi connectivity index (χ3n) is 4.53. The highest BCUT2D eigenvalue weighted by atomic mass is 35.5. The zero-order valence-corrected chi connectivity index (χ0v) is 17.0. The molecular formula is C21H15Cl2N3O3. The van der Waals surface area contributed by atoms with Crippen LogP contribution in [-0.4, -0.2) is 27.4 Å². The largest absolute Gasteiger partial charge is 0.465 e. The summed E-state index contributed by atoms with van der Waals surface area (Å²) in [6, 6.07) is 12.5. The lowest BCUT2D eigenvalue weighted by molar-refractivity contribution is 0.0600. The maximum Gasteiger partial charge on any atom is 0.341 e. The Morgan fingerprint density at radius 3 is 2.59 bits per heavy atom. The van der Waals surface area contributed by atoms with E-state index in [2.05, 4.69) is 5.10 Å². The molecule has 2 aliphatic rings. The molecule has 0 saturated carbocycles. The van der Waals surface area contributed by atoms with Gasteiger partial charge in [-0.1, -0.05) is 41.4 Å². The average Bonchev–Trinajstić information content (AvgIpc) is 3.05. The number of carbonyl (C=O) groups excluding carboxylic acids is 1. The summed E-state index contributed by atoms with van der Waals surface area (Å²) in [5.41, 5.74) is 2.40. The van der Waals surface area contributed by atoms with Crippen LogP contribution in [0.15, 0.2) is 59.7 Å². The Morgan fingerprint density at radius 1 is 1.10 bits per heavy atom. The minimum atomic E-state index is -0.614. The van der Waals surface area contributed by atoms with Crippen LogP contribution in [0.1, 0.15) is 15.9 Å². The lowest BCUT2D eigenvalue weighted by Gasteiger charge is -2.13. The van der Waals surface area contributed by atoms with Gasteiger partial charge >= 0.3 is 5.97 Å². The molecule has 0 saturated heterocycles. The van der Waals surface area contributed by atoms with Gasteiger partial charge in [-0.05, 0) is 36.8 Å². The first-order valence-electron chi connectivity index (χ1n) is 8.65. The fourth-order valence-electron chi connectivity index (χ4n) is 3.13. The molecule has 29 heavy (non-hydrogen) atoms. The van der Waals surface area contributed by atoms with E-state index < -0.39 is 5.97 Å². The number of methoxy groups -OCH3 is 1. The maximum absolute atomic E-state index is 13.1. The van der Waals surface area contributed by atoms with Crippen molar-refractivity contribution in [2.24, 2.45) is 0 Å². The van der Waals surface area contributed by atoms with E-state index >= 15 is 0 Å². The molecule has 0 radical (unpaired) electrons. The fraction of sp³-hybridized carbons (Fsp3) is 0.0952. The van der Waals surface area contributed by atoms with Crippen LogP contribution in [0.3, 0.4) is 0 Å². The molecule has 6 nitrogen and oxygen atoms in total. The Hall–Kier alpha value is -3.09. The van der Waals surface area contributed by atoms with Gasteiger partial charge in [0.25, 0.3) is 5.56 Å². The number of ether oxygens (including phenoxy) is 1. The lowest BCUT2D eigenvalue weighted by atomic mass is 10.1. The van der Waals surface area contributed by atoms with Crippen molar-refractivity contribution in [1.82, 2.24) is 14.3 Å². The zero-order valence-electron chi connectivity index (χ0n) is 15.5. The number of nitrogens with zero attached hydrogens (tertiary/aromatic N) is 3. The minimum absolute atomic E-state index is 0.143. The van der Waals surface area contributed by atoms with Crippen LogP contribution >= 0.6 is 23.2 Å². The number of aryl methyl sites for hydroxylation is 1. The summed E-state index contributed by atoms with van der Waals surface area (Å²) in [6.45, 7) is 1.92. The topological polar surface area (TPSA) is 66.1 Å². The second kappa shape index (κ2) is 7.39. The van der Waals surface area contributed by atoms with Crippen molar-refractivity contribution in [3.8, 4) is 22.6 Å². The maximum atomic E-state index is 13.1. The van der Waals surface area contributed by atoms with Gasteiger partial charge in [0.2, 0.25) is 0 Å². The summed E-state index contributed by atoms with van der Waals surface area (Å²) in [5, 5.41) is 5.05. The van der Waals surface area contributed by atoms with Crippen LogP contribution in [-0.2, 0) is 4.74 Å². The molecule has 0 atom stereocenters. The van der Waals surface area contributed by atoms with Gasteiger partial charge in [-0.25, -0.2) is 4.79 Å². The highest BCUT2D eigenvalue weighted by Crippen LogP contribution is 2.31. The average molecular weight is 428 g/mol. The predicted molar refractivity (Wildman–Crippen MR) is 112 cm³/mol. The van der Waals surface area contributed by atoms with Crippen LogP contribution in [0.2, 0.25) is 10.0 Å². The van der Waals surface area contributed by atoms with E-state index in [1.807, 2.05) is 25.1 Å². The normalized spacial score (nSPS) is 11.0. The number of pyridine rings is 1. The molecule has 0 spiro atoms. The molecular weight excluding hydrogens is 413 g/mol. The monoisotopic (exact) mass is 427 g/mol. The van der Waals surface area contributed by atoms with Crippen LogP contribution in [0.5, 0.6) is 0 Å². The number of halogens is 2. The summed E-state index contributed by atoms with van der Waals surface area (Å²) in [5.74, 6) is -0.614. The first kappa shape index (κ1) is 19.2. The van der Waals surface area contributed by atoms with Crippen molar-refractivity contribution in [2.75, 3.05) is 7.11 Å². The van der Waals surface area contributed by atoms with E-state index in [9.17, 15) is 9.59 Å². The highest BCUT2D eigenvalue weighted by Gasteiger charge is 2.25. The zero-order chi connectivity index (χ0) is 20.7. The van der Waals surface area contributed by atoms with Crippen molar-refractivity contribution in [3.05, 3.63) is 86.4 Å². The van der Waals surface area contributed by atoms with Gasteiger partial charge in [0.15, 0.2) is 0 Å². The summed E-state index contributed by atoms with van der Waals surface area (Å²) >= 11 is 12.5. The molecule has 2 aliphatic heterocycles. The van der Waals surface area contributed by atoms with E-state index in [-0.39, 0.29) is 22.4 Å². The molecule has 2 aromatic carbocycles. The second-order valence-electron chi connectivity index (χ2n) is 6.46. The molecule has 2 heterocycles. The SMILES string of the molecule is COC(=O)c1cn(-c2cccc(Cl)c2Cl)cc2c(=O)n(-c3cccc(C)c3)nc1-2. The van der Waals surface area contributed by atoms with Crippen molar-refractivity contribution < 1.29 is 9.53 Å². The Morgan fingerprint density at radius 2 is 1.86 bits per heavy atom. The Balaban J connectivity index is 2.03. The molecule has 146 valence electrons. The van der Waals surface area contributed by atoms with Gasteiger partial charge in [0, 0.05) is 12.4 Å². The third-order valence-corrected chi connectivity index (χ3v) is 5.34. The van der Waals surface area contributed by atoms with Gasteiger partial charge in [0.05, 0.1) is 34.1 Å². The summed E-state index contributed by atoms with van der Waals surface area (Å²) < 4.78 is 7.75. The van der Waals surface area contributed by atoms with Crippen LogP contribution < -0.4 is 5.56 Å². The van der Waals surface area contributed by atoms with Gasteiger partial charge in [0.1, 0.15) is 11.3 Å². The van der Waals surface area contributed by atoms with E-state index in [4.69, 9.17) is 27.9 Å². The Bertz CT molecular complexity index is 1280. The minimum Gasteiger partial charge on any atom is -0.465 e. The quantitative estimate of drug-likeness (QED) is 0.450. The first-order valence-corrected chi connectivity index (χ1v) is 9.41. The number of carbonyl (C=O) groups is 1. The number of aromatic nitrogens is 3. The molecule has 4 rings (SSSR count). The van der Waals surface area contributed by atoms with Gasteiger partial charge in [-0.2, -0.15) is 9.78 Å². The number of fused-ring (bicyclic) bond motifs is 1. The Kier molecular flexibility index (Phi) is 4.90. The summed E-state index contributed by atoms with van der Waals surface area (Å²) in [7, 11) is 1.27. The van der Waals surface area contributed by atoms with Crippen molar-refractivity contribution in [1.29, 1.82) is 0 Å². The summed E-state index contributed by atoms with van der Waals surface area (Å²) in [4.78, 5) is 25.5. The standard InChI is InChI=1S/C21H15Cl2N3O3/c1-12-5-3-6-13(9-12)26-20(27)14-10-25(17-8-4-7-16(22)18(17)23)11-15(19(14)24-26)21(28)29-2/h3-11H,1-2H3. The van der Waals surface area contributed by atoms with Crippen LogP contribution in [0.25, 0.3) is 22.6 Å². The fourth-order valence-corrected chi connectivity index (χ4v) is 3.52. The van der Waals surface area contributed by atoms with Crippen LogP contribution in [0.4, 0.5) is 0 Å². The molecule has 2 aromatic rings. The third kappa shape index (κ3) is 3.30. The van der Waals surface area contributed by atoms with Crippen LogP contribution in [0, 0.1) is 6.92 Å². The number of hydrogen-bond acceptors (Lipinski definition) is 4.